The van der Waals surface area contributed by atoms with Crippen molar-refractivity contribution in [3.05, 3.63) is 34.1 Å². The minimum Gasteiger partial charge on any atom is -0.299 e. The van der Waals surface area contributed by atoms with Gasteiger partial charge in [-0.3, -0.25) is 4.79 Å². The molecule has 1 unspecified atom stereocenters. The molecular formula is C12H14BrFO. The molecule has 1 aromatic rings. The van der Waals surface area contributed by atoms with E-state index in [1.807, 2.05) is 13.8 Å². The van der Waals surface area contributed by atoms with E-state index in [-0.39, 0.29) is 23.9 Å². The summed E-state index contributed by atoms with van der Waals surface area (Å²) in [6.07, 6.45) is 0.981. The number of ketones is 1. The van der Waals surface area contributed by atoms with Crippen molar-refractivity contribution in [2.24, 2.45) is 5.92 Å². The van der Waals surface area contributed by atoms with Crippen LogP contribution in [0, 0.1) is 11.7 Å². The molecule has 82 valence electrons. The van der Waals surface area contributed by atoms with Crippen LogP contribution in [0.3, 0.4) is 0 Å². The molecule has 0 aliphatic rings. The number of hydrogen-bond acceptors (Lipinski definition) is 1. The maximum atomic E-state index is 13.3. The van der Waals surface area contributed by atoms with Crippen LogP contribution < -0.4 is 0 Å². The number of hydrogen-bond donors (Lipinski definition) is 0. The van der Waals surface area contributed by atoms with Crippen molar-refractivity contribution in [3.8, 4) is 0 Å². The molecule has 0 bridgehead atoms. The summed E-state index contributed by atoms with van der Waals surface area (Å²) in [5.41, 5.74) is 0.467. The van der Waals surface area contributed by atoms with E-state index in [4.69, 9.17) is 0 Å². The third-order valence-electron chi connectivity index (χ3n) is 2.53. The molecule has 1 rings (SSSR count). The molecule has 0 amide bonds. The summed E-state index contributed by atoms with van der Waals surface area (Å²) in [5.74, 6) is -0.215. The first-order chi connectivity index (χ1) is 7.04. The fourth-order valence-electron chi connectivity index (χ4n) is 1.27. The second kappa shape index (κ2) is 5.40. The van der Waals surface area contributed by atoms with E-state index in [1.165, 1.54) is 6.07 Å². The molecule has 0 fully saturated rings. The van der Waals surface area contributed by atoms with Crippen LogP contribution in [-0.4, -0.2) is 5.78 Å². The third kappa shape index (κ3) is 3.42. The summed E-state index contributed by atoms with van der Waals surface area (Å²) in [4.78, 5) is 11.6. The molecule has 0 aliphatic carbocycles. The molecule has 0 N–H and O–H groups in total. The second-order valence-electron chi connectivity index (χ2n) is 3.69. The third-order valence-corrected chi connectivity index (χ3v) is 3.03. The van der Waals surface area contributed by atoms with Crippen LogP contribution in [0.25, 0.3) is 0 Å². The lowest BCUT2D eigenvalue weighted by atomic mass is 9.97. The Labute approximate surface area is 97.8 Å². The first kappa shape index (κ1) is 12.4. The highest BCUT2D eigenvalue weighted by molar-refractivity contribution is 9.10. The molecule has 0 aromatic heterocycles. The van der Waals surface area contributed by atoms with E-state index in [1.54, 1.807) is 12.1 Å². The summed E-state index contributed by atoms with van der Waals surface area (Å²) in [6, 6.07) is 4.67. The lowest BCUT2D eigenvalue weighted by Crippen LogP contribution is -2.13. The van der Waals surface area contributed by atoms with E-state index in [2.05, 4.69) is 15.9 Å². The topological polar surface area (TPSA) is 17.1 Å². The largest absolute Gasteiger partial charge is 0.299 e. The van der Waals surface area contributed by atoms with Crippen LogP contribution in [0.4, 0.5) is 4.39 Å². The van der Waals surface area contributed by atoms with Crippen molar-refractivity contribution in [3.63, 3.8) is 0 Å². The zero-order valence-electron chi connectivity index (χ0n) is 8.89. The highest BCUT2D eigenvalue weighted by Crippen LogP contribution is 2.17. The Morgan fingerprint density at radius 1 is 1.53 bits per heavy atom. The van der Waals surface area contributed by atoms with E-state index < -0.39 is 0 Å². The second-order valence-corrected chi connectivity index (χ2v) is 4.60. The first-order valence-corrected chi connectivity index (χ1v) is 5.80. The van der Waals surface area contributed by atoms with Crippen molar-refractivity contribution < 1.29 is 9.18 Å². The average molecular weight is 273 g/mol. The molecule has 15 heavy (non-hydrogen) atoms. The molecule has 0 aliphatic heterocycles. The van der Waals surface area contributed by atoms with Crippen molar-refractivity contribution in [2.75, 3.05) is 0 Å². The van der Waals surface area contributed by atoms with Crippen LogP contribution in [-0.2, 0) is 11.2 Å². The molecule has 0 radical (unpaired) electrons. The number of carbonyl (C=O) groups is 1. The van der Waals surface area contributed by atoms with Crippen LogP contribution in [0.15, 0.2) is 22.7 Å². The van der Waals surface area contributed by atoms with Gasteiger partial charge in [0, 0.05) is 16.8 Å². The van der Waals surface area contributed by atoms with Gasteiger partial charge in [0.25, 0.3) is 0 Å². The lowest BCUT2D eigenvalue weighted by molar-refractivity contribution is -0.121. The molecule has 3 heteroatoms. The molecule has 1 atom stereocenters. The van der Waals surface area contributed by atoms with Crippen molar-refractivity contribution >= 4 is 21.7 Å². The SMILES string of the molecule is CCC(C)C(=O)Cc1cc(Br)ccc1F. The van der Waals surface area contributed by atoms with Gasteiger partial charge in [0.2, 0.25) is 0 Å². The number of Topliss-reactive ketones (excluding diaryl/α,β-unsaturated/α-hetero) is 1. The highest BCUT2D eigenvalue weighted by Gasteiger charge is 2.13. The van der Waals surface area contributed by atoms with Gasteiger partial charge in [0.1, 0.15) is 11.6 Å². The predicted molar refractivity (Wildman–Crippen MR) is 62.3 cm³/mol. The van der Waals surface area contributed by atoms with Crippen molar-refractivity contribution in [2.45, 2.75) is 26.7 Å². The van der Waals surface area contributed by atoms with Crippen molar-refractivity contribution in [1.29, 1.82) is 0 Å². The Morgan fingerprint density at radius 3 is 2.80 bits per heavy atom. The molecule has 0 spiro atoms. The summed E-state index contributed by atoms with van der Waals surface area (Å²) in [5, 5.41) is 0. The zero-order chi connectivity index (χ0) is 11.4. The molecule has 0 saturated heterocycles. The quantitative estimate of drug-likeness (QED) is 0.816. The minimum atomic E-state index is -0.310. The Hall–Kier alpha value is -0.700. The van der Waals surface area contributed by atoms with Gasteiger partial charge in [-0.2, -0.15) is 0 Å². The summed E-state index contributed by atoms with van der Waals surface area (Å²) in [6.45, 7) is 3.83. The van der Waals surface area contributed by atoms with Crippen LogP contribution in [0.2, 0.25) is 0 Å². The maximum Gasteiger partial charge on any atom is 0.140 e. The number of benzene rings is 1. The van der Waals surface area contributed by atoms with Gasteiger partial charge in [-0.05, 0) is 30.2 Å². The molecule has 0 heterocycles. The Balaban J connectivity index is 2.80. The Bertz CT molecular complexity index is 363. The monoisotopic (exact) mass is 272 g/mol. The fourth-order valence-corrected chi connectivity index (χ4v) is 1.68. The standard InChI is InChI=1S/C12H14BrFO/c1-3-8(2)12(15)7-9-6-10(13)4-5-11(9)14/h4-6,8H,3,7H2,1-2H3. The van der Waals surface area contributed by atoms with Crippen molar-refractivity contribution in [1.82, 2.24) is 0 Å². The van der Waals surface area contributed by atoms with Gasteiger partial charge in [-0.1, -0.05) is 29.8 Å². The van der Waals surface area contributed by atoms with Crippen LogP contribution in [0.5, 0.6) is 0 Å². The number of carbonyl (C=O) groups excluding carboxylic acids is 1. The summed E-state index contributed by atoms with van der Waals surface area (Å²) in [7, 11) is 0. The summed E-state index contributed by atoms with van der Waals surface area (Å²) < 4.78 is 14.1. The first-order valence-electron chi connectivity index (χ1n) is 5.01. The maximum absolute atomic E-state index is 13.3. The van der Waals surface area contributed by atoms with Gasteiger partial charge in [0.15, 0.2) is 0 Å². The van der Waals surface area contributed by atoms with Crippen LogP contribution in [0.1, 0.15) is 25.8 Å². The van der Waals surface area contributed by atoms with E-state index in [0.717, 1.165) is 10.9 Å². The smallest absolute Gasteiger partial charge is 0.140 e. The minimum absolute atomic E-state index is 0.00313. The summed E-state index contributed by atoms with van der Waals surface area (Å²) >= 11 is 3.26. The number of rotatable bonds is 4. The van der Waals surface area contributed by atoms with E-state index in [9.17, 15) is 9.18 Å². The van der Waals surface area contributed by atoms with Gasteiger partial charge >= 0.3 is 0 Å². The van der Waals surface area contributed by atoms with Crippen LogP contribution >= 0.6 is 15.9 Å². The predicted octanol–water partition coefficient (Wildman–Crippen LogP) is 3.75. The highest BCUT2D eigenvalue weighted by atomic mass is 79.9. The average Bonchev–Trinajstić information content (AvgIpc) is 2.22. The molecule has 1 nitrogen and oxygen atoms in total. The number of halogens is 2. The Morgan fingerprint density at radius 2 is 2.20 bits per heavy atom. The molecular weight excluding hydrogens is 259 g/mol. The van der Waals surface area contributed by atoms with E-state index >= 15 is 0 Å². The van der Waals surface area contributed by atoms with E-state index in [0.29, 0.717) is 5.56 Å². The zero-order valence-corrected chi connectivity index (χ0v) is 10.5. The molecule has 1 aromatic carbocycles. The Kier molecular flexibility index (Phi) is 4.45. The van der Waals surface area contributed by atoms with Gasteiger partial charge < -0.3 is 0 Å². The lowest BCUT2D eigenvalue weighted by Gasteiger charge is -2.08. The fraction of sp³-hybridized carbons (Fsp3) is 0.417. The van der Waals surface area contributed by atoms with Gasteiger partial charge in [0.05, 0.1) is 0 Å². The van der Waals surface area contributed by atoms with Gasteiger partial charge in [-0.15, -0.1) is 0 Å². The van der Waals surface area contributed by atoms with Gasteiger partial charge in [-0.25, -0.2) is 4.39 Å². The molecule has 0 saturated carbocycles. The normalized spacial score (nSPS) is 12.5.